The van der Waals surface area contributed by atoms with E-state index in [9.17, 15) is 9.59 Å². The summed E-state index contributed by atoms with van der Waals surface area (Å²) in [5, 5.41) is 16.3. The highest BCUT2D eigenvalue weighted by atomic mass is 35.5. The van der Waals surface area contributed by atoms with Crippen molar-refractivity contribution in [1.29, 1.82) is 0 Å². The van der Waals surface area contributed by atoms with Gasteiger partial charge in [0.2, 0.25) is 0 Å². The van der Waals surface area contributed by atoms with E-state index in [1.807, 2.05) is 0 Å². The van der Waals surface area contributed by atoms with E-state index in [1.54, 1.807) is 0 Å². The van der Waals surface area contributed by atoms with Gasteiger partial charge in [-0.2, -0.15) is 0 Å². The molecule has 0 aliphatic heterocycles. The molecule has 0 fully saturated rings. The molecule has 0 saturated carbocycles. The summed E-state index contributed by atoms with van der Waals surface area (Å²) >= 11 is 0. The van der Waals surface area contributed by atoms with E-state index in [0.29, 0.717) is 0 Å². The minimum Gasteiger partial charge on any atom is -0.481 e. The van der Waals surface area contributed by atoms with Crippen LogP contribution in [0.5, 0.6) is 0 Å². The average molecular weight is 169 g/mol. The quantitative estimate of drug-likeness (QED) is 0.606. The Bertz CT molecular complexity index is 120. The molecule has 0 aromatic carbocycles. The Kier molecular flexibility index (Phi) is 6.04. The van der Waals surface area contributed by atoms with Gasteiger partial charge in [0.05, 0.1) is 0 Å². The molecule has 0 aromatic rings. The fourth-order valence-corrected chi connectivity index (χ4v) is 0.455. The third-order valence-corrected chi connectivity index (χ3v) is 1.00. The number of carboxylic acids is 2. The fourth-order valence-electron chi connectivity index (χ4n) is 0.455. The Labute approximate surface area is 64.3 Å². The van der Waals surface area contributed by atoms with E-state index >= 15 is 0 Å². The number of carboxylic acid groups (broad SMARTS) is 2. The molecule has 4 nitrogen and oxygen atoms in total. The van der Waals surface area contributed by atoms with Crippen LogP contribution >= 0.6 is 12.4 Å². The summed E-state index contributed by atoms with van der Waals surface area (Å²) in [4.78, 5) is 20.0. The van der Waals surface area contributed by atoms with Crippen molar-refractivity contribution in [3.8, 4) is 0 Å². The molecule has 0 saturated heterocycles. The molecular weight excluding hydrogens is 160 g/mol. The summed E-state index contributed by atoms with van der Waals surface area (Å²) in [5.74, 6) is -3.79. The maximum Gasteiger partial charge on any atom is 0.317 e. The van der Waals surface area contributed by atoms with E-state index in [4.69, 9.17) is 10.2 Å². The summed E-state index contributed by atoms with van der Waals surface area (Å²) in [6, 6.07) is 0. The van der Waals surface area contributed by atoms with Gasteiger partial charge in [0.15, 0.2) is 5.92 Å². The zero-order valence-corrected chi connectivity index (χ0v) is 6.22. The van der Waals surface area contributed by atoms with E-state index < -0.39 is 17.9 Å². The molecule has 0 atom stereocenters. The number of aliphatic carboxylic acids is 2. The van der Waals surface area contributed by atoms with Crippen LogP contribution in [0.4, 0.5) is 0 Å². The summed E-state index contributed by atoms with van der Waals surface area (Å²) in [5.41, 5.74) is 0. The number of hydrogen-bond acceptors (Lipinski definition) is 2. The monoisotopic (exact) mass is 168 g/mol. The van der Waals surface area contributed by atoms with Crippen molar-refractivity contribution >= 4 is 24.3 Å². The molecule has 0 aliphatic carbocycles. The number of halogens is 1. The summed E-state index contributed by atoms with van der Waals surface area (Å²) < 4.78 is 0. The number of rotatable bonds is 3. The third kappa shape index (κ3) is 3.29. The second-order valence-electron chi connectivity index (χ2n) is 1.64. The van der Waals surface area contributed by atoms with Crippen LogP contribution in [0.25, 0.3) is 0 Å². The van der Waals surface area contributed by atoms with Crippen LogP contribution in [0.15, 0.2) is 0 Å². The maximum absolute atomic E-state index is 9.99. The molecule has 0 radical (unpaired) electrons. The van der Waals surface area contributed by atoms with Gasteiger partial charge in [0.25, 0.3) is 0 Å². The smallest absolute Gasteiger partial charge is 0.317 e. The predicted molar refractivity (Wildman–Crippen MR) is 36.3 cm³/mol. The highest BCUT2D eigenvalue weighted by Gasteiger charge is 2.22. The van der Waals surface area contributed by atoms with Crippen LogP contribution in [-0.2, 0) is 9.59 Å². The van der Waals surface area contributed by atoms with Crippen molar-refractivity contribution in [2.75, 3.05) is 0 Å². The standard InChI is InChI=1S/C5H8O4.ClH/c1-2-3(4(6)7)5(8)9;/h3H,2H2,1H3,(H,6,7)(H,8,9);1H. The number of hydrogen-bond donors (Lipinski definition) is 2. The molecule has 0 rings (SSSR count). The normalized spacial score (nSPS) is 8.60. The maximum atomic E-state index is 9.99. The van der Waals surface area contributed by atoms with E-state index in [0.717, 1.165) is 0 Å². The van der Waals surface area contributed by atoms with Crippen LogP contribution in [-0.4, -0.2) is 22.2 Å². The molecule has 0 unspecified atom stereocenters. The Morgan fingerprint density at radius 2 is 1.60 bits per heavy atom. The third-order valence-electron chi connectivity index (χ3n) is 1.00. The largest absolute Gasteiger partial charge is 0.481 e. The van der Waals surface area contributed by atoms with Crippen molar-refractivity contribution in [3.63, 3.8) is 0 Å². The van der Waals surface area contributed by atoms with E-state index in [-0.39, 0.29) is 18.8 Å². The summed E-state index contributed by atoms with van der Waals surface area (Å²) in [7, 11) is 0. The fraction of sp³-hybridized carbons (Fsp3) is 0.600. The highest BCUT2D eigenvalue weighted by molar-refractivity contribution is 5.92. The molecule has 0 aliphatic rings. The van der Waals surface area contributed by atoms with Crippen molar-refractivity contribution in [2.45, 2.75) is 13.3 Å². The molecule has 0 spiro atoms. The lowest BCUT2D eigenvalue weighted by molar-refractivity contribution is -0.154. The lowest BCUT2D eigenvalue weighted by Gasteiger charge is -2.00. The second-order valence-corrected chi connectivity index (χ2v) is 1.64. The van der Waals surface area contributed by atoms with Crippen LogP contribution in [0.2, 0.25) is 0 Å². The first-order valence-electron chi connectivity index (χ1n) is 2.55. The Morgan fingerprint density at radius 1 is 1.30 bits per heavy atom. The molecule has 5 heteroatoms. The lowest BCUT2D eigenvalue weighted by Crippen LogP contribution is -2.21. The predicted octanol–water partition coefficient (Wildman–Crippen LogP) is 0.604. The van der Waals surface area contributed by atoms with Crippen LogP contribution < -0.4 is 0 Å². The molecular formula is C5H9ClO4. The minimum atomic E-state index is -1.27. The van der Waals surface area contributed by atoms with Gasteiger partial charge in [0.1, 0.15) is 0 Å². The van der Waals surface area contributed by atoms with Crippen molar-refractivity contribution in [1.82, 2.24) is 0 Å². The molecule has 10 heavy (non-hydrogen) atoms. The van der Waals surface area contributed by atoms with Crippen LogP contribution in [0, 0.1) is 5.92 Å². The first-order valence-corrected chi connectivity index (χ1v) is 2.55. The van der Waals surface area contributed by atoms with Gasteiger partial charge in [-0.3, -0.25) is 9.59 Å². The minimum absolute atomic E-state index is 0. The number of carbonyl (C=O) groups is 2. The topological polar surface area (TPSA) is 74.6 Å². The molecule has 60 valence electrons. The van der Waals surface area contributed by atoms with Gasteiger partial charge < -0.3 is 10.2 Å². The van der Waals surface area contributed by atoms with E-state index in [1.165, 1.54) is 6.92 Å². The zero-order valence-electron chi connectivity index (χ0n) is 5.40. The van der Waals surface area contributed by atoms with Gasteiger partial charge in [-0.15, -0.1) is 12.4 Å². The Morgan fingerprint density at radius 3 is 1.60 bits per heavy atom. The highest BCUT2D eigenvalue weighted by Crippen LogP contribution is 2.00. The Balaban J connectivity index is 0. The second kappa shape index (κ2) is 5.05. The molecule has 0 bridgehead atoms. The SMILES string of the molecule is CCC(C(=O)O)C(=O)O.Cl. The molecule has 0 amide bonds. The lowest BCUT2D eigenvalue weighted by atomic mass is 10.1. The average Bonchev–Trinajstić information content (AvgIpc) is 1.64. The van der Waals surface area contributed by atoms with E-state index in [2.05, 4.69) is 0 Å². The molecule has 0 heterocycles. The summed E-state index contributed by atoms with van der Waals surface area (Å²) in [6.45, 7) is 1.52. The van der Waals surface area contributed by atoms with Crippen LogP contribution in [0.3, 0.4) is 0 Å². The van der Waals surface area contributed by atoms with Crippen molar-refractivity contribution < 1.29 is 19.8 Å². The van der Waals surface area contributed by atoms with Gasteiger partial charge in [-0.05, 0) is 6.42 Å². The van der Waals surface area contributed by atoms with Crippen LogP contribution in [0.1, 0.15) is 13.3 Å². The summed E-state index contributed by atoms with van der Waals surface area (Å²) in [6.07, 6.45) is 0.130. The van der Waals surface area contributed by atoms with Gasteiger partial charge in [0, 0.05) is 0 Å². The first-order chi connectivity index (χ1) is 4.09. The first kappa shape index (κ1) is 12.0. The van der Waals surface area contributed by atoms with Crippen molar-refractivity contribution in [3.05, 3.63) is 0 Å². The molecule has 2 N–H and O–H groups in total. The van der Waals surface area contributed by atoms with Gasteiger partial charge in [-0.1, -0.05) is 6.92 Å². The van der Waals surface area contributed by atoms with Crippen molar-refractivity contribution in [2.24, 2.45) is 5.92 Å². The molecule has 0 aromatic heterocycles. The zero-order chi connectivity index (χ0) is 7.44. The van der Waals surface area contributed by atoms with Gasteiger partial charge in [-0.25, -0.2) is 0 Å². The Hall–Kier alpha value is -0.770. The van der Waals surface area contributed by atoms with Gasteiger partial charge >= 0.3 is 11.9 Å².